The van der Waals surface area contributed by atoms with Crippen molar-refractivity contribution in [2.45, 2.75) is 57.0 Å². The maximum Gasteiger partial charge on any atom is 0.317 e. The summed E-state index contributed by atoms with van der Waals surface area (Å²) in [6.45, 7) is 1.31. The van der Waals surface area contributed by atoms with Crippen LogP contribution in [-0.4, -0.2) is 47.0 Å². The van der Waals surface area contributed by atoms with Crippen LogP contribution in [0.4, 0.5) is 4.79 Å². The third kappa shape index (κ3) is 4.12. The molecule has 1 aliphatic carbocycles. The SMILES string of the molecule is O=C(NC1CCN(C(=O)NC2CCCCC2)CC1)c1[nH]c2ccccc2c1Cl. The van der Waals surface area contributed by atoms with Crippen molar-refractivity contribution in [3.05, 3.63) is 35.0 Å². The predicted molar refractivity (Wildman–Crippen MR) is 111 cm³/mol. The lowest BCUT2D eigenvalue weighted by molar-refractivity contribution is 0.0913. The molecule has 2 heterocycles. The van der Waals surface area contributed by atoms with Gasteiger partial charge in [-0.05, 0) is 31.7 Å². The van der Waals surface area contributed by atoms with E-state index in [0.29, 0.717) is 29.8 Å². The molecule has 0 unspecified atom stereocenters. The van der Waals surface area contributed by atoms with Crippen molar-refractivity contribution >= 4 is 34.4 Å². The highest BCUT2D eigenvalue weighted by Gasteiger charge is 2.27. The molecule has 0 radical (unpaired) electrons. The van der Waals surface area contributed by atoms with E-state index in [1.54, 1.807) is 0 Å². The number of para-hydroxylation sites is 1. The molecular formula is C21H27ClN4O2. The molecule has 2 fully saturated rings. The first-order chi connectivity index (χ1) is 13.6. The van der Waals surface area contributed by atoms with Crippen LogP contribution in [0.5, 0.6) is 0 Å². The monoisotopic (exact) mass is 402 g/mol. The Labute approximate surface area is 170 Å². The van der Waals surface area contributed by atoms with Gasteiger partial charge in [-0.25, -0.2) is 4.79 Å². The number of urea groups is 1. The number of fused-ring (bicyclic) bond motifs is 1. The third-order valence-corrected chi connectivity index (χ3v) is 6.31. The summed E-state index contributed by atoms with van der Waals surface area (Å²) >= 11 is 6.37. The second-order valence-electron chi connectivity index (χ2n) is 7.88. The van der Waals surface area contributed by atoms with E-state index in [1.165, 1.54) is 19.3 Å². The summed E-state index contributed by atoms with van der Waals surface area (Å²) in [4.78, 5) is 30.1. The van der Waals surface area contributed by atoms with Crippen molar-refractivity contribution in [3.63, 3.8) is 0 Å². The molecule has 28 heavy (non-hydrogen) atoms. The number of nitrogens with one attached hydrogen (secondary N) is 3. The number of halogens is 1. The zero-order valence-corrected chi connectivity index (χ0v) is 16.7. The van der Waals surface area contributed by atoms with Crippen LogP contribution in [0.2, 0.25) is 5.02 Å². The summed E-state index contributed by atoms with van der Waals surface area (Å²) < 4.78 is 0. The van der Waals surface area contributed by atoms with Gasteiger partial charge in [0.2, 0.25) is 0 Å². The van der Waals surface area contributed by atoms with Gasteiger partial charge in [0.05, 0.1) is 5.02 Å². The van der Waals surface area contributed by atoms with Crippen LogP contribution < -0.4 is 10.6 Å². The van der Waals surface area contributed by atoms with E-state index in [4.69, 9.17) is 11.6 Å². The summed E-state index contributed by atoms with van der Waals surface area (Å²) in [7, 11) is 0. The molecule has 1 aromatic heterocycles. The van der Waals surface area contributed by atoms with Crippen molar-refractivity contribution in [2.24, 2.45) is 0 Å². The molecule has 7 heteroatoms. The molecular weight excluding hydrogens is 376 g/mol. The minimum atomic E-state index is -0.189. The van der Waals surface area contributed by atoms with E-state index < -0.39 is 0 Å². The van der Waals surface area contributed by atoms with Gasteiger partial charge in [-0.3, -0.25) is 4.79 Å². The Balaban J connectivity index is 1.29. The van der Waals surface area contributed by atoms with Crippen molar-refractivity contribution in [1.82, 2.24) is 20.5 Å². The number of rotatable bonds is 3. The van der Waals surface area contributed by atoms with Crippen LogP contribution in [0.1, 0.15) is 55.4 Å². The first-order valence-electron chi connectivity index (χ1n) is 10.2. The Morgan fingerprint density at radius 3 is 2.36 bits per heavy atom. The number of hydrogen-bond acceptors (Lipinski definition) is 2. The van der Waals surface area contributed by atoms with Gasteiger partial charge in [0.1, 0.15) is 5.69 Å². The minimum absolute atomic E-state index is 0.0374. The Morgan fingerprint density at radius 2 is 1.64 bits per heavy atom. The van der Waals surface area contributed by atoms with Crippen molar-refractivity contribution in [3.8, 4) is 0 Å². The van der Waals surface area contributed by atoms with E-state index in [-0.39, 0.29) is 18.0 Å². The maximum atomic E-state index is 12.7. The first kappa shape index (κ1) is 19.1. The molecule has 6 nitrogen and oxygen atoms in total. The number of hydrogen-bond donors (Lipinski definition) is 3. The normalized spacial score (nSPS) is 19.0. The van der Waals surface area contributed by atoms with Gasteiger partial charge in [-0.1, -0.05) is 49.1 Å². The van der Waals surface area contributed by atoms with Crippen LogP contribution in [0, 0.1) is 0 Å². The van der Waals surface area contributed by atoms with Crippen molar-refractivity contribution < 1.29 is 9.59 Å². The van der Waals surface area contributed by atoms with Crippen molar-refractivity contribution in [2.75, 3.05) is 13.1 Å². The summed E-state index contributed by atoms with van der Waals surface area (Å²) in [6, 6.07) is 8.02. The summed E-state index contributed by atoms with van der Waals surface area (Å²) in [5.41, 5.74) is 1.26. The average molecular weight is 403 g/mol. The molecule has 1 aromatic carbocycles. The van der Waals surface area contributed by atoms with E-state index in [9.17, 15) is 9.59 Å². The molecule has 2 aromatic rings. The van der Waals surface area contributed by atoms with E-state index in [2.05, 4.69) is 15.6 Å². The largest absolute Gasteiger partial charge is 0.349 e. The number of aromatic amines is 1. The molecule has 150 valence electrons. The van der Waals surface area contributed by atoms with Gasteiger partial charge >= 0.3 is 6.03 Å². The summed E-state index contributed by atoms with van der Waals surface area (Å²) in [5.74, 6) is -0.189. The molecule has 2 aliphatic rings. The number of aromatic nitrogens is 1. The predicted octanol–water partition coefficient (Wildman–Crippen LogP) is 4.06. The molecule has 1 saturated heterocycles. The summed E-state index contributed by atoms with van der Waals surface area (Å²) in [5, 5.41) is 7.54. The molecule has 0 bridgehead atoms. The van der Waals surface area contributed by atoms with Crippen LogP contribution in [-0.2, 0) is 0 Å². The highest BCUT2D eigenvalue weighted by molar-refractivity contribution is 6.38. The number of carbonyl (C=O) groups excluding carboxylic acids is 2. The fraction of sp³-hybridized carbons (Fsp3) is 0.524. The van der Waals surface area contributed by atoms with Gasteiger partial charge in [0.25, 0.3) is 5.91 Å². The molecule has 1 saturated carbocycles. The molecule has 4 rings (SSSR count). The van der Waals surface area contributed by atoms with E-state index in [0.717, 1.165) is 36.6 Å². The number of piperidine rings is 1. The molecule has 3 N–H and O–H groups in total. The van der Waals surface area contributed by atoms with Crippen LogP contribution in [0.15, 0.2) is 24.3 Å². The van der Waals surface area contributed by atoms with Gasteiger partial charge in [0.15, 0.2) is 0 Å². The van der Waals surface area contributed by atoms with E-state index in [1.807, 2.05) is 29.2 Å². The van der Waals surface area contributed by atoms with Crippen molar-refractivity contribution in [1.29, 1.82) is 0 Å². The fourth-order valence-electron chi connectivity index (χ4n) is 4.26. The third-order valence-electron chi connectivity index (χ3n) is 5.92. The first-order valence-corrected chi connectivity index (χ1v) is 10.6. The number of H-pyrrole nitrogens is 1. The lowest BCUT2D eigenvalue weighted by Gasteiger charge is -2.34. The highest BCUT2D eigenvalue weighted by Crippen LogP contribution is 2.27. The second-order valence-corrected chi connectivity index (χ2v) is 8.26. The lowest BCUT2D eigenvalue weighted by Crippen LogP contribution is -2.51. The minimum Gasteiger partial charge on any atom is -0.349 e. The van der Waals surface area contributed by atoms with Gasteiger partial charge < -0.3 is 20.5 Å². The highest BCUT2D eigenvalue weighted by atomic mass is 35.5. The lowest BCUT2D eigenvalue weighted by atomic mass is 9.95. The van der Waals surface area contributed by atoms with Gasteiger partial charge in [-0.2, -0.15) is 0 Å². The number of nitrogens with zero attached hydrogens (tertiary/aromatic N) is 1. The topological polar surface area (TPSA) is 77.2 Å². The number of likely N-dealkylation sites (tertiary alicyclic amines) is 1. The smallest absolute Gasteiger partial charge is 0.317 e. The Kier molecular flexibility index (Phi) is 5.76. The standard InChI is InChI=1S/C21H27ClN4O2/c22-18-16-8-4-5-9-17(16)25-19(18)20(27)23-15-10-12-26(13-11-15)21(28)24-14-6-2-1-3-7-14/h4-5,8-9,14-15,25H,1-3,6-7,10-13H2,(H,23,27)(H,24,28). The maximum absolute atomic E-state index is 12.7. The fourth-order valence-corrected chi connectivity index (χ4v) is 4.56. The average Bonchev–Trinajstić information content (AvgIpc) is 3.06. The number of amides is 3. The molecule has 0 spiro atoms. The van der Waals surface area contributed by atoms with Crippen LogP contribution in [0.3, 0.4) is 0 Å². The number of benzene rings is 1. The molecule has 3 amide bonds. The van der Waals surface area contributed by atoms with Gasteiger partial charge in [0, 0.05) is 36.1 Å². The second kappa shape index (κ2) is 8.43. The van der Waals surface area contributed by atoms with Crippen LogP contribution >= 0.6 is 11.6 Å². The number of carbonyl (C=O) groups is 2. The van der Waals surface area contributed by atoms with E-state index >= 15 is 0 Å². The van der Waals surface area contributed by atoms with Gasteiger partial charge in [-0.15, -0.1) is 0 Å². The Hall–Kier alpha value is -2.21. The Bertz CT molecular complexity index is 851. The molecule has 1 aliphatic heterocycles. The Morgan fingerprint density at radius 1 is 0.964 bits per heavy atom. The molecule has 0 atom stereocenters. The zero-order valence-electron chi connectivity index (χ0n) is 16.0. The summed E-state index contributed by atoms with van der Waals surface area (Å²) in [6.07, 6.45) is 7.36. The zero-order chi connectivity index (χ0) is 19.5. The van der Waals surface area contributed by atoms with Crippen LogP contribution in [0.25, 0.3) is 10.9 Å². The quantitative estimate of drug-likeness (QED) is 0.724.